The van der Waals surface area contributed by atoms with E-state index in [9.17, 15) is 14.0 Å². The van der Waals surface area contributed by atoms with E-state index in [-0.39, 0.29) is 23.5 Å². The largest absolute Gasteiger partial charge is 0.360 e. The molecular weight excluding hydrogens is 361 g/mol. The van der Waals surface area contributed by atoms with Crippen molar-refractivity contribution >= 4 is 11.8 Å². The van der Waals surface area contributed by atoms with E-state index in [1.54, 1.807) is 28.9 Å². The van der Waals surface area contributed by atoms with Crippen LogP contribution in [0.5, 0.6) is 0 Å². The van der Waals surface area contributed by atoms with E-state index in [1.165, 1.54) is 12.1 Å². The Morgan fingerprint density at radius 3 is 2.32 bits per heavy atom. The van der Waals surface area contributed by atoms with Crippen molar-refractivity contribution in [2.24, 2.45) is 0 Å². The van der Waals surface area contributed by atoms with Crippen molar-refractivity contribution in [2.45, 2.75) is 39.5 Å². The first kappa shape index (κ1) is 20.0. The number of carbonyl (C=O) groups is 2. The van der Waals surface area contributed by atoms with Gasteiger partial charge in [0, 0.05) is 38.5 Å². The maximum atomic E-state index is 13.0. The lowest BCUT2D eigenvalue weighted by molar-refractivity contribution is -0.132. The third kappa shape index (κ3) is 4.40. The predicted molar refractivity (Wildman–Crippen MR) is 103 cm³/mol. The molecule has 1 aliphatic heterocycles. The van der Waals surface area contributed by atoms with Gasteiger partial charge in [-0.2, -0.15) is 0 Å². The smallest absolute Gasteiger partial charge is 0.259 e. The molecule has 1 aliphatic rings. The first-order chi connectivity index (χ1) is 13.4. The van der Waals surface area contributed by atoms with Crippen molar-refractivity contribution in [1.29, 1.82) is 0 Å². The van der Waals surface area contributed by atoms with Gasteiger partial charge in [-0.15, -0.1) is 0 Å². The summed E-state index contributed by atoms with van der Waals surface area (Å²) in [5, 5.41) is 3.94. The Labute approximate surface area is 164 Å². The minimum absolute atomic E-state index is 0.0560. The number of hydrogen-bond acceptors (Lipinski definition) is 4. The van der Waals surface area contributed by atoms with Crippen LogP contribution in [0.2, 0.25) is 0 Å². The number of aromatic nitrogens is 1. The molecule has 2 heterocycles. The SMILES string of the molecule is Cc1noc(C(C)C)c1C(=O)N1CCN(C(=O)CCc2ccc(F)cc2)CC1. The molecule has 1 fully saturated rings. The molecule has 2 aromatic rings. The summed E-state index contributed by atoms with van der Waals surface area (Å²) < 4.78 is 18.3. The van der Waals surface area contributed by atoms with Gasteiger partial charge < -0.3 is 14.3 Å². The van der Waals surface area contributed by atoms with Crippen LogP contribution in [0.4, 0.5) is 4.39 Å². The van der Waals surface area contributed by atoms with Gasteiger partial charge in [0.1, 0.15) is 11.4 Å². The third-order valence-corrected chi connectivity index (χ3v) is 5.09. The normalized spacial score (nSPS) is 14.6. The van der Waals surface area contributed by atoms with Crippen molar-refractivity contribution in [3.8, 4) is 0 Å². The fourth-order valence-corrected chi connectivity index (χ4v) is 3.42. The van der Waals surface area contributed by atoms with Gasteiger partial charge in [0.05, 0.1) is 5.69 Å². The molecule has 1 aromatic heterocycles. The number of piperazine rings is 1. The fourth-order valence-electron chi connectivity index (χ4n) is 3.42. The van der Waals surface area contributed by atoms with E-state index in [4.69, 9.17) is 4.52 Å². The van der Waals surface area contributed by atoms with Crippen LogP contribution >= 0.6 is 0 Å². The summed E-state index contributed by atoms with van der Waals surface area (Å²) >= 11 is 0. The minimum atomic E-state index is -0.278. The Kier molecular flexibility index (Phi) is 6.11. The zero-order valence-electron chi connectivity index (χ0n) is 16.6. The topological polar surface area (TPSA) is 66.7 Å². The summed E-state index contributed by atoms with van der Waals surface area (Å²) in [6.07, 6.45) is 0.956. The van der Waals surface area contributed by atoms with Crippen LogP contribution in [-0.2, 0) is 11.2 Å². The van der Waals surface area contributed by atoms with Gasteiger partial charge in [-0.1, -0.05) is 31.1 Å². The van der Waals surface area contributed by atoms with Gasteiger partial charge in [-0.05, 0) is 31.0 Å². The van der Waals surface area contributed by atoms with Gasteiger partial charge in [-0.25, -0.2) is 4.39 Å². The van der Waals surface area contributed by atoms with Crippen LogP contribution in [0.15, 0.2) is 28.8 Å². The highest BCUT2D eigenvalue weighted by molar-refractivity contribution is 5.96. The summed E-state index contributed by atoms with van der Waals surface area (Å²) in [6, 6.07) is 6.21. The number of halogens is 1. The quantitative estimate of drug-likeness (QED) is 0.790. The van der Waals surface area contributed by atoms with E-state index in [0.29, 0.717) is 56.0 Å². The summed E-state index contributed by atoms with van der Waals surface area (Å²) in [5.41, 5.74) is 2.09. The highest BCUT2D eigenvalue weighted by Crippen LogP contribution is 2.24. The van der Waals surface area contributed by atoms with Crippen LogP contribution < -0.4 is 0 Å². The standard InChI is InChI=1S/C21H26FN3O3/c1-14(2)20-19(15(3)23-28-20)21(27)25-12-10-24(11-13-25)18(26)9-6-16-4-7-17(22)8-5-16/h4-5,7-8,14H,6,9-13H2,1-3H3. The maximum absolute atomic E-state index is 13.0. The number of carbonyl (C=O) groups excluding carboxylic acids is 2. The molecule has 0 aliphatic carbocycles. The summed E-state index contributed by atoms with van der Waals surface area (Å²) in [4.78, 5) is 28.9. The molecule has 0 saturated carbocycles. The predicted octanol–water partition coefficient (Wildman–Crippen LogP) is 3.16. The number of rotatable bonds is 5. The number of aryl methyl sites for hydroxylation is 2. The first-order valence-electron chi connectivity index (χ1n) is 9.64. The molecule has 0 spiro atoms. The fraction of sp³-hybridized carbons (Fsp3) is 0.476. The zero-order chi connectivity index (χ0) is 20.3. The first-order valence-corrected chi connectivity index (χ1v) is 9.64. The molecule has 28 heavy (non-hydrogen) atoms. The molecule has 0 atom stereocenters. The Morgan fingerprint density at radius 2 is 1.71 bits per heavy atom. The second-order valence-electron chi connectivity index (χ2n) is 7.46. The maximum Gasteiger partial charge on any atom is 0.259 e. The highest BCUT2D eigenvalue weighted by Gasteiger charge is 2.30. The lowest BCUT2D eigenvalue weighted by Gasteiger charge is -2.35. The van der Waals surface area contributed by atoms with Crippen molar-refractivity contribution in [1.82, 2.24) is 15.0 Å². The van der Waals surface area contributed by atoms with E-state index in [0.717, 1.165) is 5.56 Å². The van der Waals surface area contributed by atoms with Crippen LogP contribution in [0.3, 0.4) is 0 Å². The van der Waals surface area contributed by atoms with Crippen molar-refractivity contribution < 1.29 is 18.5 Å². The van der Waals surface area contributed by atoms with Crippen LogP contribution in [0.25, 0.3) is 0 Å². The highest BCUT2D eigenvalue weighted by atomic mass is 19.1. The van der Waals surface area contributed by atoms with Crippen molar-refractivity contribution in [3.63, 3.8) is 0 Å². The van der Waals surface area contributed by atoms with Gasteiger partial charge in [0.15, 0.2) is 5.76 Å². The number of amides is 2. The molecule has 2 amide bonds. The molecule has 0 N–H and O–H groups in total. The number of hydrogen-bond donors (Lipinski definition) is 0. The van der Waals surface area contributed by atoms with E-state index < -0.39 is 0 Å². The molecule has 1 aromatic carbocycles. The molecule has 3 rings (SSSR count). The van der Waals surface area contributed by atoms with Gasteiger partial charge in [0.25, 0.3) is 5.91 Å². The van der Waals surface area contributed by atoms with Gasteiger partial charge >= 0.3 is 0 Å². The molecule has 0 unspecified atom stereocenters. The average Bonchev–Trinajstić information content (AvgIpc) is 3.08. The van der Waals surface area contributed by atoms with Gasteiger partial charge in [0.2, 0.25) is 5.91 Å². The monoisotopic (exact) mass is 387 g/mol. The van der Waals surface area contributed by atoms with E-state index in [1.807, 2.05) is 13.8 Å². The van der Waals surface area contributed by atoms with Crippen molar-refractivity contribution in [3.05, 3.63) is 52.7 Å². The Bertz CT molecular complexity index is 837. The minimum Gasteiger partial charge on any atom is -0.360 e. The van der Waals surface area contributed by atoms with Crippen LogP contribution in [0, 0.1) is 12.7 Å². The van der Waals surface area contributed by atoms with Gasteiger partial charge in [-0.3, -0.25) is 9.59 Å². The van der Waals surface area contributed by atoms with Crippen LogP contribution in [-0.4, -0.2) is 52.9 Å². The Balaban J connectivity index is 1.54. The van der Waals surface area contributed by atoms with E-state index >= 15 is 0 Å². The molecule has 7 heteroatoms. The number of nitrogens with zero attached hydrogens (tertiary/aromatic N) is 3. The average molecular weight is 387 g/mol. The summed E-state index contributed by atoms with van der Waals surface area (Å²) in [5.74, 6) is 0.385. The summed E-state index contributed by atoms with van der Waals surface area (Å²) in [7, 11) is 0. The molecule has 0 radical (unpaired) electrons. The Hall–Kier alpha value is -2.70. The number of benzene rings is 1. The molecule has 1 saturated heterocycles. The molecule has 6 nitrogen and oxygen atoms in total. The molecule has 0 bridgehead atoms. The third-order valence-electron chi connectivity index (χ3n) is 5.09. The Morgan fingerprint density at radius 1 is 1.11 bits per heavy atom. The zero-order valence-corrected chi connectivity index (χ0v) is 16.6. The van der Waals surface area contributed by atoms with E-state index in [2.05, 4.69) is 5.16 Å². The lowest BCUT2D eigenvalue weighted by atomic mass is 10.0. The van der Waals surface area contributed by atoms with Crippen molar-refractivity contribution in [2.75, 3.05) is 26.2 Å². The molecular formula is C21H26FN3O3. The molecule has 150 valence electrons. The second kappa shape index (κ2) is 8.54. The lowest BCUT2D eigenvalue weighted by Crippen LogP contribution is -2.50. The second-order valence-corrected chi connectivity index (χ2v) is 7.46. The van der Waals surface area contributed by atoms with Crippen LogP contribution in [0.1, 0.15) is 53.6 Å². The summed E-state index contributed by atoms with van der Waals surface area (Å²) in [6.45, 7) is 7.71.